The number of hydrogen-bond donors (Lipinski definition) is 2. The fourth-order valence-electron chi connectivity index (χ4n) is 4.01. The second kappa shape index (κ2) is 9.70. The number of benzene rings is 2. The van der Waals surface area contributed by atoms with Crippen molar-refractivity contribution >= 4 is 54.0 Å². The summed E-state index contributed by atoms with van der Waals surface area (Å²) in [5.41, 5.74) is 5.23. The number of anilines is 2. The van der Waals surface area contributed by atoms with Gasteiger partial charge in [-0.25, -0.2) is 31.6 Å². The third kappa shape index (κ3) is 4.46. The van der Waals surface area contributed by atoms with Crippen LogP contribution in [0.25, 0.3) is 32.2 Å². The average Bonchev–Trinajstić information content (AvgIpc) is 3.33. The molecule has 0 aliphatic rings. The topological polar surface area (TPSA) is 129 Å². The highest BCUT2D eigenvalue weighted by Crippen LogP contribution is 2.33. The Bertz CT molecular complexity index is 1890. The zero-order valence-electron chi connectivity index (χ0n) is 19.5. The van der Waals surface area contributed by atoms with Crippen molar-refractivity contribution in [2.45, 2.75) is 11.4 Å². The number of halogens is 3. The van der Waals surface area contributed by atoms with E-state index >= 15 is 8.78 Å². The van der Waals surface area contributed by atoms with Gasteiger partial charge in [0.15, 0.2) is 5.82 Å². The van der Waals surface area contributed by atoms with Gasteiger partial charge in [-0.1, -0.05) is 0 Å². The predicted molar refractivity (Wildman–Crippen MR) is 138 cm³/mol. The van der Waals surface area contributed by atoms with Crippen LogP contribution < -0.4 is 16.0 Å². The molecule has 5 rings (SSSR count). The van der Waals surface area contributed by atoms with Crippen LogP contribution in [0.3, 0.4) is 0 Å². The number of pyridine rings is 2. The Hall–Kier alpha value is -4.01. The molecule has 0 spiro atoms. The van der Waals surface area contributed by atoms with E-state index in [1.807, 2.05) is 4.72 Å². The molecular weight excluding hydrogens is 543 g/mol. The number of ether oxygens (including phenoxy) is 1. The highest BCUT2D eigenvalue weighted by atomic mass is 32.2. The molecule has 9 nitrogen and oxygen atoms in total. The second-order valence-corrected chi connectivity index (χ2v) is 10.7. The minimum absolute atomic E-state index is 0.0397. The van der Waals surface area contributed by atoms with Gasteiger partial charge in [0.2, 0.25) is 0 Å². The molecule has 196 valence electrons. The van der Waals surface area contributed by atoms with Gasteiger partial charge < -0.3 is 15.0 Å². The van der Waals surface area contributed by atoms with E-state index in [9.17, 15) is 17.6 Å². The molecule has 38 heavy (non-hydrogen) atoms. The van der Waals surface area contributed by atoms with E-state index in [1.54, 1.807) is 0 Å². The maximum atomic E-state index is 15.7. The minimum atomic E-state index is -4.65. The molecule has 0 unspecified atom stereocenters. The molecule has 3 N–H and O–H groups in total. The van der Waals surface area contributed by atoms with Crippen molar-refractivity contribution in [3.05, 3.63) is 75.9 Å². The van der Waals surface area contributed by atoms with E-state index in [0.717, 1.165) is 35.6 Å². The lowest BCUT2D eigenvalue weighted by Crippen LogP contribution is -2.25. The summed E-state index contributed by atoms with van der Waals surface area (Å²) in [6.45, 7) is 0.152. The maximum Gasteiger partial charge on any atom is 0.264 e. The maximum absolute atomic E-state index is 15.7. The van der Waals surface area contributed by atoms with Crippen LogP contribution in [0.15, 0.2) is 57.8 Å². The summed E-state index contributed by atoms with van der Waals surface area (Å²) >= 11 is 1.10. The molecule has 5 aromatic rings. The Morgan fingerprint density at radius 2 is 1.89 bits per heavy atom. The van der Waals surface area contributed by atoms with Crippen LogP contribution in [-0.2, 0) is 21.3 Å². The summed E-state index contributed by atoms with van der Waals surface area (Å²) < 4.78 is 80.0. The molecule has 0 saturated heterocycles. The highest BCUT2D eigenvalue weighted by molar-refractivity contribution is 7.92. The van der Waals surface area contributed by atoms with Crippen molar-refractivity contribution in [3.8, 4) is 11.1 Å². The number of fused-ring (bicyclic) bond motifs is 2. The summed E-state index contributed by atoms with van der Waals surface area (Å²) in [5, 5.41) is 0.356. The van der Waals surface area contributed by atoms with Gasteiger partial charge in [0, 0.05) is 37.4 Å². The minimum Gasteiger partial charge on any atom is -0.384 e. The summed E-state index contributed by atoms with van der Waals surface area (Å²) in [6.07, 6.45) is 1.34. The first-order valence-corrected chi connectivity index (χ1v) is 13.3. The number of aromatic nitrogens is 3. The average molecular weight is 562 g/mol. The monoisotopic (exact) mass is 561 g/mol. The third-order valence-corrected chi connectivity index (χ3v) is 7.97. The lowest BCUT2D eigenvalue weighted by Gasteiger charge is -2.16. The van der Waals surface area contributed by atoms with Gasteiger partial charge in [-0.3, -0.25) is 9.52 Å². The number of nitrogens with two attached hydrogens (primary N) is 1. The van der Waals surface area contributed by atoms with E-state index in [2.05, 4.69) is 9.97 Å². The second-order valence-electron chi connectivity index (χ2n) is 8.17. The van der Waals surface area contributed by atoms with Crippen molar-refractivity contribution in [1.29, 1.82) is 0 Å². The number of sulfonamides is 1. The Balaban J connectivity index is 1.65. The van der Waals surface area contributed by atoms with Crippen molar-refractivity contribution < 1.29 is 26.3 Å². The first kappa shape index (κ1) is 25.6. The van der Waals surface area contributed by atoms with E-state index in [-0.39, 0.29) is 30.0 Å². The van der Waals surface area contributed by atoms with E-state index in [1.165, 1.54) is 35.5 Å². The molecule has 0 saturated carbocycles. The SMILES string of the molecule is COCCn1c(=O)c(-c2c(F)ccc(NS(=O)(=O)c3cc4scnc4cc3F)c2F)cc2cnc(N)cc21. The molecule has 0 atom stereocenters. The number of rotatable bonds is 7. The fraction of sp³-hybridized carbons (Fsp3) is 0.125. The Morgan fingerprint density at radius 1 is 1.11 bits per heavy atom. The van der Waals surface area contributed by atoms with Gasteiger partial charge in [-0.05, 0) is 24.3 Å². The molecule has 0 bridgehead atoms. The summed E-state index contributed by atoms with van der Waals surface area (Å²) in [5.74, 6) is -3.43. The van der Waals surface area contributed by atoms with E-state index in [0.29, 0.717) is 15.6 Å². The first-order chi connectivity index (χ1) is 18.1. The molecule has 0 fully saturated rings. The zero-order chi connectivity index (χ0) is 27.2. The Labute approximate surface area is 217 Å². The number of thiazole rings is 1. The van der Waals surface area contributed by atoms with E-state index < -0.39 is 49.2 Å². The summed E-state index contributed by atoms with van der Waals surface area (Å²) in [7, 11) is -3.22. The lowest BCUT2D eigenvalue weighted by atomic mass is 10.0. The molecule has 0 amide bonds. The van der Waals surface area contributed by atoms with Crippen LogP contribution >= 0.6 is 11.3 Å². The standard InChI is InChI=1S/C24H18F3N5O4S2/c1-36-5-4-32-18-8-21(28)29-10-12(18)6-13(24(32)33)22-14(25)2-3-16(23(22)27)31-38(34,35)20-9-19-17(7-15(20)26)30-11-37-19/h2-3,6-11,31H,4-5H2,1H3,(H2,28,29). The van der Waals surface area contributed by atoms with Gasteiger partial charge in [0.05, 0.1) is 44.7 Å². The molecule has 14 heteroatoms. The molecule has 0 aliphatic carbocycles. The van der Waals surface area contributed by atoms with Crippen LogP contribution in [0.2, 0.25) is 0 Å². The van der Waals surface area contributed by atoms with Gasteiger partial charge >= 0.3 is 0 Å². The number of nitrogens with zero attached hydrogens (tertiary/aromatic N) is 3. The number of methoxy groups -OCH3 is 1. The van der Waals surface area contributed by atoms with Gasteiger partial charge in [-0.2, -0.15) is 0 Å². The van der Waals surface area contributed by atoms with Crippen molar-refractivity contribution in [3.63, 3.8) is 0 Å². The largest absolute Gasteiger partial charge is 0.384 e. The number of hydrogen-bond acceptors (Lipinski definition) is 8. The van der Waals surface area contributed by atoms with Crippen molar-refractivity contribution in [2.24, 2.45) is 0 Å². The highest BCUT2D eigenvalue weighted by Gasteiger charge is 2.26. The molecule has 0 radical (unpaired) electrons. The molecule has 2 aromatic carbocycles. The van der Waals surface area contributed by atoms with Gasteiger partial charge in [-0.15, -0.1) is 11.3 Å². The predicted octanol–water partition coefficient (Wildman–Crippen LogP) is 4.12. The molecule has 3 heterocycles. The van der Waals surface area contributed by atoms with Crippen LogP contribution in [0.5, 0.6) is 0 Å². The quantitative estimate of drug-likeness (QED) is 0.306. The summed E-state index contributed by atoms with van der Waals surface area (Å²) in [6, 6.07) is 6.37. The van der Waals surface area contributed by atoms with Gasteiger partial charge in [0.25, 0.3) is 15.6 Å². The van der Waals surface area contributed by atoms with Crippen LogP contribution in [0, 0.1) is 17.5 Å². The third-order valence-electron chi connectivity index (χ3n) is 5.80. The zero-order valence-corrected chi connectivity index (χ0v) is 21.2. The number of nitrogens with one attached hydrogen (secondary N) is 1. The Morgan fingerprint density at radius 3 is 2.66 bits per heavy atom. The first-order valence-electron chi connectivity index (χ1n) is 10.9. The smallest absolute Gasteiger partial charge is 0.264 e. The van der Waals surface area contributed by atoms with E-state index in [4.69, 9.17) is 10.5 Å². The normalized spacial score (nSPS) is 11.9. The Kier molecular flexibility index (Phi) is 6.54. The molecular formula is C24H18F3N5O4S2. The molecule has 0 aliphatic heterocycles. The van der Waals surface area contributed by atoms with Crippen LogP contribution in [-0.4, -0.2) is 36.7 Å². The van der Waals surface area contributed by atoms with Gasteiger partial charge in [0.1, 0.15) is 22.3 Å². The van der Waals surface area contributed by atoms with Crippen molar-refractivity contribution in [1.82, 2.24) is 14.5 Å². The number of nitrogen functional groups attached to an aromatic ring is 1. The molecule has 3 aromatic heterocycles. The summed E-state index contributed by atoms with van der Waals surface area (Å²) in [4.78, 5) is 20.5. The van der Waals surface area contributed by atoms with Crippen molar-refractivity contribution in [2.75, 3.05) is 24.2 Å². The fourth-order valence-corrected chi connectivity index (χ4v) is 5.93. The van der Waals surface area contributed by atoms with Crippen LogP contribution in [0.1, 0.15) is 0 Å². The lowest BCUT2D eigenvalue weighted by molar-refractivity contribution is 0.187. The van der Waals surface area contributed by atoms with Crippen LogP contribution in [0.4, 0.5) is 24.7 Å².